The molecule has 3 nitrogen and oxygen atoms in total. The second kappa shape index (κ2) is 6.98. The SMILES string of the molecule is CCCCNc1nc(CF)cc(-c2ccc(C)cc2)n1. The Bertz CT molecular complexity index is 552. The lowest BCUT2D eigenvalue weighted by molar-refractivity contribution is 0.476. The number of aryl methyl sites for hydroxylation is 1. The van der Waals surface area contributed by atoms with Crippen LogP contribution in [0.15, 0.2) is 30.3 Å². The van der Waals surface area contributed by atoms with Crippen LogP contribution in [0.5, 0.6) is 0 Å². The molecule has 0 saturated carbocycles. The Hall–Kier alpha value is -1.97. The van der Waals surface area contributed by atoms with Gasteiger partial charge < -0.3 is 5.32 Å². The summed E-state index contributed by atoms with van der Waals surface area (Å²) in [6.07, 6.45) is 2.14. The lowest BCUT2D eigenvalue weighted by Gasteiger charge is -2.08. The van der Waals surface area contributed by atoms with Crippen LogP contribution in [0.3, 0.4) is 0 Å². The van der Waals surface area contributed by atoms with Gasteiger partial charge in [0.05, 0.1) is 11.4 Å². The summed E-state index contributed by atoms with van der Waals surface area (Å²) < 4.78 is 12.9. The highest BCUT2D eigenvalue weighted by atomic mass is 19.1. The lowest BCUT2D eigenvalue weighted by Crippen LogP contribution is -2.07. The monoisotopic (exact) mass is 273 g/mol. The summed E-state index contributed by atoms with van der Waals surface area (Å²) in [6.45, 7) is 4.39. The molecule has 0 unspecified atom stereocenters. The first-order chi connectivity index (χ1) is 9.72. The van der Waals surface area contributed by atoms with Crippen molar-refractivity contribution in [2.24, 2.45) is 0 Å². The molecule has 0 aliphatic rings. The fraction of sp³-hybridized carbons (Fsp3) is 0.375. The number of alkyl halides is 1. The predicted octanol–water partition coefficient (Wildman–Crippen LogP) is 4.13. The number of unbranched alkanes of at least 4 members (excludes halogenated alkanes) is 1. The van der Waals surface area contributed by atoms with Crippen LogP contribution in [0.25, 0.3) is 11.3 Å². The first-order valence-electron chi connectivity index (χ1n) is 6.97. The largest absolute Gasteiger partial charge is 0.354 e. The van der Waals surface area contributed by atoms with Crippen LogP contribution in [0, 0.1) is 6.92 Å². The summed E-state index contributed by atoms with van der Waals surface area (Å²) in [7, 11) is 0. The molecule has 0 fully saturated rings. The fourth-order valence-corrected chi connectivity index (χ4v) is 1.89. The molecule has 0 amide bonds. The van der Waals surface area contributed by atoms with E-state index >= 15 is 0 Å². The molecule has 0 atom stereocenters. The highest BCUT2D eigenvalue weighted by Crippen LogP contribution is 2.20. The molecule has 1 aromatic heterocycles. The van der Waals surface area contributed by atoms with E-state index < -0.39 is 6.67 Å². The van der Waals surface area contributed by atoms with Gasteiger partial charge in [-0.3, -0.25) is 0 Å². The smallest absolute Gasteiger partial charge is 0.223 e. The van der Waals surface area contributed by atoms with Gasteiger partial charge in [0.25, 0.3) is 0 Å². The minimum absolute atomic E-state index is 0.412. The quantitative estimate of drug-likeness (QED) is 0.804. The van der Waals surface area contributed by atoms with Gasteiger partial charge in [-0.15, -0.1) is 0 Å². The van der Waals surface area contributed by atoms with E-state index in [1.807, 2.05) is 31.2 Å². The molecule has 0 aliphatic carbocycles. The van der Waals surface area contributed by atoms with E-state index in [1.54, 1.807) is 6.07 Å². The minimum atomic E-state index is -0.580. The summed E-state index contributed by atoms with van der Waals surface area (Å²) in [4.78, 5) is 8.63. The average molecular weight is 273 g/mol. The Morgan fingerprint density at radius 3 is 2.55 bits per heavy atom. The average Bonchev–Trinajstić information content (AvgIpc) is 2.48. The first kappa shape index (κ1) is 14.4. The van der Waals surface area contributed by atoms with Crippen molar-refractivity contribution in [2.45, 2.75) is 33.4 Å². The van der Waals surface area contributed by atoms with E-state index in [9.17, 15) is 4.39 Å². The Morgan fingerprint density at radius 2 is 1.90 bits per heavy atom. The zero-order valence-corrected chi connectivity index (χ0v) is 12.0. The van der Waals surface area contributed by atoms with Crippen molar-refractivity contribution in [3.63, 3.8) is 0 Å². The lowest BCUT2D eigenvalue weighted by atomic mass is 10.1. The molecule has 0 bridgehead atoms. The number of nitrogens with one attached hydrogen (secondary N) is 1. The maximum Gasteiger partial charge on any atom is 0.223 e. The number of hydrogen-bond acceptors (Lipinski definition) is 3. The number of hydrogen-bond donors (Lipinski definition) is 1. The summed E-state index contributed by atoms with van der Waals surface area (Å²) >= 11 is 0. The predicted molar refractivity (Wildman–Crippen MR) is 80.4 cm³/mol. The van der Waals surface area contributed by atoms with Gasteiger partial charge in [0.2, 0.25) is 5.95 Å². The van der Waals surface area contributed by atoms with E-state index in [4.69, 9.17) is 0 Å². The summed E-state index contributed by atoms with van der Waals surface area (Å²) in [6, 6.07) is 9.74. The topological polar surface area (TPSA) is 37.8 Å². The van der Waals surface area contributed by atoms with Crippen molar-refractivity contribution in [2.75, 3.05) is 11.9 Å². The van der Waals surface area contributed by atoms with Crippen molar-refractivity contribution in [1.29, 1.82) is 0 Å². The molecule has 2 aromatic rings. The van der Waals surface area contributed by atoms with Crippen molar-refractivity contribution in [1.82, 2.24) is 9.97 Å². The maximum atomic E-state index is 12.9. The van der Waals surface area contributed by atoms with E-state index in [0.717, 1.165) is 30.6 Å². The number of rotatable bonds is 6. The molecular formula is C16H20FN3. The number of aromatic nitrogens is 2. The van der Waals surface area contributed by atoms with Crippen LogP contribution in [0.4, 0.5) is 10.3 Å². The molecule has 4 heteroatoms. The molecule has 1 aromatic carbocycles. The van der Waals surface area contributed by atoms with Crippen LogP contribution in [0.1, 0.15) is 31.0 Å². The van der Waals surface area contributed by atoms with Crippen LogP contribution in [-0.4, -0.2) is 16.5 Å². The van der Waals surface area contributed by atoms with Crippen LogP contribution in [0.2, 0.25) is 0 Å². The molecule has 0 radical (unpaired) electrons. The van der Waals surface area contributed by atoms with E-state index in [2.05, 4.69) is 22.2 Å². The third-order valence-electron chi connectivity index (χ3n) is 3.08. The third kappa shape index (κ3) is 3.76. The summed E-state index contributed by atoms with van der Waals surface area (Å²) in [5.74, 6) is 0.504. The van der Waals surface area contributed by atoms with Crippen molar-refractivity contribution >= 4 is 5.95 Å². The summed E-state index contributed by atoms with van der Waals surface area (Å²) in [5.41, 5.74) is 3.34. The Kier molecular flexibility index (Phi) is 5.04. The molecule has 106 valence electrons. The second-order valence-corrected chi connectivity index (χ2v) is 4.85. The fourth-order valence-electron chi connectivity index (χ4n) is 1.89. The molecule has 20 heavy (non-hydrogen) atoms. The zero-order chi connectivity index (χ0) is 14.4. The van der Waals surface area contributed by atoms with Gasteiger partial charge in [-0.1, -0.05) is 43.2 Å². The van der Waals surface area contributed by atoms with Crippen molar-refractivity contribution in [3.05, 3.63) is 41.6 Å². The zero-order valence-electron chi connectivity index (χ0n) is 12.0. The van der Waals surface area contributed by atoms with Gasteiger partial charge in [0.15, 0.2) is 0 Å². The molecule has 0 aliphatic heterocycles. The Balaban J connectivity index is 2.27. The summed E-state index contributed by atoms with van der Waals surface area (Å²) in [5, 5.41) is 3.15. The van der Waals surface area contributed by atoms with E-state index in [1.165, 1.54) is 5.56 Å². The van der Waals surface area contributed by atoms with Gasteiger partial charge in [-0.05, 0) is 19.4 Å². The van der Waals surface area contributed by atoms with Gasteiger partial charge in [-0.25, -0.2) is 14.4 Å². The maximum absolute atomic E-state index is 12.9. The van der Waals surface area contributed by atoms with Gasteiger partial charge >= 0.3 is 0 Å². The molecule has 0 saturated heterocycles. The number of anilines is 1. The van der Waals surface area contributed by atoms with Crippen molar-refractivity contribution in [3.8, 4) is 11.3 Å². The second-order valence-electron chi connectivity index (χ2n) is 4.85. The Morgan fingerprint density at radius 1 is 1.15 bits per heavy atom. The minimum Gasteiger partial charge on any atom is -0.354 e. The van der Waals surface area contributed by atoms with Crippen LogP contribution in [-0.2, 0) is 6.67 Å². The molecule has 2 rings (SSSR count). The Labute approximate surface area is 119 Å². The number of halogens is 1. The third-order valence-corrected chi connectivity index (χ3v) is 3.08. The number of benzene rings is 1. The molecule has 1 N–H and O–H groups in total. The molecule has 1 heterocycles. The van der Waals surface area contributed by atoms with Gasteiger partial charge in [0, 0.05) is 12.1 Å². The van der Waals surface area contributed by atoms with Crippen molar-refractivity contribution < 1.29 is 4.39 Å². The van der Waals surface area contributed by atoms with Gasteiger partial charge in [-0.2, -0.15) is 0 Å². The molecule has 0 spiro atoms. The van der Waals surface area contributed by atoms with E-state index in [-0.39, 0.29) is 0 Å². The number of nitrogens with zero attached hydrogens (tertiary/aromatic N) is 2. The van der Waals surface area contributed by atoms with Crippen LogP contribution < -0.4 is 5.32 Å². The highest BCUT2D eigenvalue weighted by molar-refractivity contribution is 5.61. The molecular weight excluding hydrogens is 253 g/mol. The van der Waals surface area contributed by atoms with Gasteiger partial charge in [0.1, 0.15) is 6.67 Å². The van der Waals surface area contributed by atoms with E-state index in [0.29, 0.717) is 11.6 Å². The normalized spacial score (nSPS) is 10.6. The highest BCUT2D eigenvalue weighted by Gasteiger charge is 2.06. The van der Waals surface area contributed by atoms with Crippen LogP contribution >= 0.6 is 0 Å². The standard InChI is InChI=1S/C16H20FN3/c1-3-4-9-18-16-19-14(11-17)10-15(20-16)13-7-5-12(2)6-8-13/h5-8,10H,3-4,9,11H2,1-2H3,(H,18,19,20). The first-order valence-corrected chi connectivity index (χ1v) is 6.97.